The van der Waals surface area contributed by atoms with Crippen LogP contribution in [-0.4, -0.2) is 49.0 Å². The number of pyridine rings is 1. The molecule has 0 aliphatic carbocycles. The second-order valence-corrected chi connectivity index (χ2v) is 8.12. The average Bonchev–Trinajstić information content (AvgIpc) is 3.35. The van der Waals surface area contributed by atoms with Crippen molar-refractivity contribution in [1.29, 1.82) is 0 Å². The van der Waals surface area contributed by atoms with Gasteiger partial charge in [0.15, 0.2) is 0 Å². The molecule has 0 atom stereocenters. The molecule has 0 bridgehead atoms. The van der Waals surface area contributed by atoms with Gasteiger partial charge in [-0.05, 0) is 49.0 Å². The highest BCUT2D eigenvalue weighted by Crippen LogP contribution is 2.32. The van der Waals surface area contributed by atoms with E-state index in [9.17, 15) is 4.79 Å². The van der Waals surface area contributed by atoms with Crippen LogP contribution >= 0.6 is 0 Å². The first-order valence-electron chi connectivity index (χ1n) is 10.6. The third-order valence-electron chi connectivity index (χ3n) is 5.99. The minimum Gasteiger partial charge on any atom is -0.472 e. The van der Waals surface area contributed by atoms with Gasteiger partial charge in [-0.2, -0.15) is 0 Å². The third-order valence-corrected chi connectivity index (χ3v) is 5.99. The van der Waals surface area contributed by atoms with Crippen molar-refractivity contribution in [2.24, 2.45) is 5.73 Å². The van der Waals surface area contributed by atoms with E-state index in [1.807, 2.05) is 36.4 Å². The lowest BCUT2D eigenvalue weighted by Crippen LogP contribution is -2.44. The van der Waals surface area contributed by atoms with Gasteiger partial charge in [0.1, 0.15) is 0 Å². The number of benzene rings is 2. The Morgan fingerprint density at radius 1 is 1.03 bits per heavy atom. The van der Waals surface area contributed by atoms with Crippen LogP contribution in [0.3, 0.4) is 0 Å². The number of furan rings is 1. The van der Waals surface area contributed by atoms with Crippen molar-refractivity contribution in [3.8, 4) is 11.1 Å². The highest BCUT2D eigenvalue weighted by molar-refractivity contribution is 6.08. The van der Waals surface area contributed by atoms with Crippen LogP contribution in [0.2, 0.25) is 0 Å². The lowest BCUT2D eigenvalue weighted by molar-refractivity contribution is 0.100. The van der Waals surface area contributed by atoms with Crippen molar-refractivity contribution in [3.63, 3.8) is 0 Å². The molecule has 0 unspecified atom stereocenters. The molecule has 7 heteroatoms. The van der Waals surface area contributed by atoms with Gasteiger partial charge in [0, 0.05) is 54.7 Å². The summed E-state index contributed by atoms with van der Waals surface area (Å²) in [6, 6.07) is 16.1. The number of nitrogens with one attached hydrogen (secondary N) is 1. The van der Waals surface area contributed by atoms with E-state index in [1.54, 1.807) is 12.5 Å². The van der Waals surface area contributed by atoms with E-state index in [4.69, 9.17) is 10.2 Å². The molecule has 0 radical (unpaired) electrons. The summed E-state index contributed by atoms with van der Waals surface area (Å²) in [7, 11) is 2.15. The number of fused-ring (bicyclic) bond motifs is 1. The van der Waals surface area contributed by atoms with Crippen LogP contribution in [0.5, 0.6) is 0 Å². The van der Waals surface area contributed by atoms with Crippen molar-refractivity contribution in [3.05, 3.63) is 72.8 Å². The number of anilines is 3. The first-order valence-corrected chi connectivity index (χ1v) is 10.6. The Bertz CT molecular complexity index is 1240. The monoisotopic (exact) mass is 427 g/mol. The van der Waals surface area contributed by atoms with E-state index in [1.165, 1.54) is 11.9 Å². The Labute approximate surface area is 186 Å². The molecule has 7 nitrogen and oxygen atoms in total. The quantitative estimate of drug-likeness (QED) is 0.499. The van der Waals surface area contributed by atoms with Crippen molar-refractivity contribution in [2.75, 3.05) is 43.4 Å². The van der Waals surface area contributed by atoms with Gasteiger partial charge in [0.05, 0.1) is 29.3 Å². The Morgan fingerprint density at radius 3 is 2.50 bits per heavy atom. The molecule has 162 valence electrons. The molecule has 0 saturated carbocycles. The summed E-state index contributed by atoms with van der Waals surface area (Å²) in [6.45, 7) is 4.16. The van der Waals surface area contributed by atoms with Crippen molar-refractivity contribution in [2.45, 2.75) is 0 Å². The maximum atomic E-state index is 12.1. The van der Waals surface area contributed by atoms with Gasteiger partial charge in [0.25, 0.3) is 5.91 Å². The van der Waals surface area contributed by atoms with Crippen LogP contribution in [-0.2, 0) is 0 Å². The summed E-state index contributed by atoms with van der Waals surface area (Å²) in [5.74, 6) is -0.519. The van der Waals surface area contributed by atoms with E-state index in [-0.39, 0.29) is 0 Å². The predicted octanol–water partition coefficient (Wildman–Crippen LogP) is 4.09. The number of nitrogens with two attached hydrogens (primary N) is 1. The van der Waals surface area contributed by atoms with Gasteiger partial charge in [-0.25, -0.2) is 0 Å². The zero-order valence-corrected chi connectivity index (χ0v) is 17.9. The Balaban J connectivity index is 1.47. The van der Waals surface area contributed by atoms with Gasteiger partial charge in [-0.3, -0.25) is 9.78 Å². The van der Waals surface area contributed by atoms with Gasteiger partial charge in [-0.15, -0.1) is 0 Å². The number of primary amides is 1. The lowest BCUT2D eigenvalue weighted by Gasteiger charge is -2.34. The molecule has 1 fully saturated rings. The minimum absolute atomic E-state index is 0.358. The number of nitrogens with zero attached hydrogens (tertiary/aromatic N) is 3. The number of hydrogen-bond acceptors (Lipinski definition) is 6. The second-order valence-electron chi connectivity index (χ2n) is 8.12. The molecule has 4 aromatic rings. The van der Waals surface area contributed by atoms with Gasteiger partial charge in [-0.1, -0.05) is 12.1 Å². The fraction of sp³-hybridized carbons (Fsp3) is 0.200. The molecular formula is C25H25N5O2. The number of likely N-dealkylation sites (N-methyl/N-ethyl adjacent to an activating group) is 1. The number of aromatic nitrogens is 1. The summed E-state index contributed by atoms with van der Waals surface area (Å²) in [4.78, 5) is 21.3. The molecule has 2 aromatic carbocycles. The molecule has 1 amide bonds. The average molecular weight is 428 g/mol. The summed E-state index contributed by atoms with van der Waals surface area (Å²) in [5, 5.41) is 4.23. The Kier molecular flexibility index (Phi) is 5.25. The van der Waals surface area contributed by atoms with Crippen molar-refractivity contribution >= 4 is 33.9 Å². The number of hydrogen-bond donors (Lipinski definition) is 2. The maximum absolute atomic E-state index is 12.1. The van der Waals surface area contributed by atoms with Crippen LogP contribution in [0, 0.1) is 0 Å². The van der Waals surface area contributed by atoms with E-state index in [2.05, 4.69) is 39.3 Å². The SMILES string of the molecule is CN1CCN(c2ccc(Nc3c(C(N)=O)cnc4cc(-c5ccoc5)ccc34)cc2)CC1. The molecule has 3 N–H and O–H groups in total. The first kappa shape index (κ1) is 20.1. The molecule has 0 spiro atoms. The largest absolute Gasteiger partial charge is 0.472 e. The van der Waals surface area contributed by atoms with Gasteiger partial charge >= 0.3 is 0 Å². The summed E-state index contributed by atoms with van der Waals surface area (Å²) in [5.41, 5.74) is 11.5. The van der Waals surface area contributed by atoms with Crippen molar-refractivity contribution in [1.82, 2.24) is 9.88 Å². The summed E-state index contributed by atoms with van der Waals surface area (Å²) in [6.07, 6.45) is 4.87. The summed E-state index contributed by atoms with van der Waals surface area (Å²) >= 11 is 0. The zero-order valence-electron chi connectivity index (χ0n) is 17.9. The molecule has 3 heterocycles. The Morgan fingerprint density at radius 2 is 1.81 bits per heavy atom. The van der Waals surface area contributed by atoms with Crippen LogP contribution in [0.1, 0.15) is 10.4 Å². The maximum Gasteiger partial charge on any atom is 0.252 e. The molecule has 5 rings (SSSR count). The lowest BCUT2D eigenvalue weighted by atomic mass is 10.0. The molecular weight excluding hydrogens is 402 g/mol. The first-order chi connectivity index (χ1) is 15.6. The highest BCUT2D eigenvalue weighted by atomic mass is 16.3. The van der Waals surface area contributed by atoms with Crippen molar-refractivity contribution < 1.29 is 9.21 Å². The molecule has 1 saturated heterocycles. The minimum atomic E-state index is -0.519. The number of carbonyl (C=O) groups is 1. The van der Waals surface area contributed by atoms with Crippen LogP contribution < -0.4 is 16.0 Å². The molecule has 2 aromatic heterocycles. The van der Waals surface area contributed by atoms with Gasteiger partial charge in [0.2, 0.25) is 0 Å². The predicted molar refractivity (Wildman–Crippen MR) is 127 cm³/mol. The number of piperazine rings is 1. The second kappa shape index (κ2) is 8.36. The Hall–Kier alpha value is -3.84. The fourth-order valence-electron chi connectivity index (χ4n) is 4.09. The summed E-state index contributed by atoms with van der Waals surface area (Å²) < 4.78 is 5.19. The number of carbonyl (C=O) groups excluding carboxylic acids is 1. The van der Waals surface area contributed by atoms with Crippen LogP contribution in [0.25, 0.3) is 22.0 Å². The topological polar surface area (TPSA) is 87.6 Å². The fourth-order valence-corrected chi connectivity index (χ4v) is 4.09. The molecule has 1 aliphatic heterocycles. The van der Waals surface area contributed by atoms with Crippen LogP contribution in [0.4, 0.5) is 17.1 Å². The van der Waals surface area contributed by atoms with E-state index < -0.39 is 5.91 Å². The third kappa shape index (κ3) is 3.90. The van der Waals surface area contributed by atoms with Gasteiger partial charge < -0.3 is 25.3 Å². The van der Waals surface area contributed by atoms with Crippen LogP contribution in [0.15, 0.2) is 71.7 Å². The molecule has 32 heavy (non-hydrogen) atoms. The highest BCUT2D eigenvalue weighted by Gasteiger charge is 2.16. The number of rotatable bonds is 5. The zero-order chi connectivity index (χ0) is 22.1. The number of amides is 1. The normalized spacial score (nSPS) is 14.6. The van der Waals surface area contributed by atoms with E-state index in [0.29, 0.717) is 11.3 Å². The van der Waals surface area contributed by atoms with E-state index in [0.717, 1.165) is 53.9 Å². The van der Waals surface area contributed by atoms with E-state index >= 15 is 0 Å². The molecule has 1 aliphatic rings. The standard InChI is InChI=1S/C25H25N5O2/c1-29-9-11-30(12-10-29)20-5-3-19(4-6-20)28-24-21-7-2-17(18-8-13-32-16-18)14-23(21)27-15-22(24)25(26)31/h2-8,13-16H,9-12H2,1H3,(H2,26,31)(H,27,28). The smallest absolute Gasteiger partial charge is 0.252 e.